The molecule has 0 aromatic carbocycles. The van der Waals surface area contributed by atoms with Gasteiger partial charge in [-0.15, -0.1) is 24.7 Å². The van der Waals surface area contributed by atoms with Gasteiger partial charge in [-0.2, -0.15) is 13.2 Å². The Morgan fingerprint density at radius 2 is 1.69 bits per heavy atom. The zero-order valence-corrected chi connectivity index (χ0v) is 25.3. The van der Waals surface area contributed by atoms with Crippen molar-refractivity contribution in [1.29, 1.82) is 0 Å². The predicted molar refractivity (Wildman–Crippen MR) is 157 cm³/mol. The van der Waals surface area contributed by atoms with Gasteiger partial charge < -0.3 is 20.6 Å². The van der Waals surface area contributed by atoms with E-state index in [-0.39, 0.29) is 25.9 Å². The van der Waals surface area contributed by atoms with E-state index in [0.29, 0.717) is 25.2 Å². The topological polar surface area (TPSA) is 102 Å². The van der Waals surface area contributed by atoms with Crippen LogP contribution in [0.3, 0.4) is 0 Å². The van der Waals surface area contributed by atoms with Crippen LogP contribution in [0, 0.1) is 36.5 Å². The van der Waals surface area contributed by atoms with Gasteiger partial charge in [-0.1, -0.05) is 32.1 Å². The summed E-state index contributed by atoms with van der Waals surface area (Å²) in [6.45, 7) is 0.638. The molecule has 238 valence electrons. The second-order valence-electron chi connectivity index (χ2n) is 11.5. The fourth-order valence-electron chi connectivity index (χ4n) is 5.15. The van der Waals surface area contributed by atoms with Crippen LogP contribution in [0.2, 0.25) is 0 Å². The maximum atomic E-state index is 13.4. The van der Waals surface area contributed by atoms with Gasteiger partial charge in [0.2, 0.25) is 17.7 Å². The summed E-state index contributed by atoms with van der Waals surface area (Å²) in [4.78, 5) is 40.9. The first-order valence-corrected chi connectivity index (χ1v) is 14.9. The zero-order chi connectivity index (χ0) is 31.7. The average molecular weight is 599 g/mol. The third-order valence-electron chi connectivity index (χ3n) is 7.79. The second kappa shape index (κ2) is 19.4. The molecule has 3 amide bonds. The summed E-state index contributed by atoms with van der Waals surface area (Å²) < 4.78 is 37.5. The van der Waals surface area contributed by atoms with Gasteiger partial charge in [0.15, 0.2) is 0 Å². The Morgan fingerprint density at radius 1 is 1.02 bits per heavy atom. The van der Waals surface area contributed by atoms with Crippen LogP contribution in [0.4, 0.5) is 13.2 Å². The minimum Gasteiger partial charge on any atom is -0.391 e. The van der Waals surface area contributed by atoms with Gasteiger partial charge in [0.05, 0.1) is 18.7 Å². The number of nitrogens with one attached hydrogen (secondary N) is 2. The molecule has 0 aromatic heterocycles. The highest BCUT2D eigenvalue weighted by atomic mass is 19.4. The van der Waals surface area contributed by atoms with Crippen LogP contribution in [0.5, 0.6) is 0 Å². The monoisotopic (exact) mass is 598 g/mol. The number of aliphatic hydroxyl groups excluding tert-OH is 1. The van der Waals surface area contributed by atoms with E-state index in [0.717, 1.165) is 43.4 Å². The van der Waals surface area contributed by atoms with Crippen molar-refractivity contribution in [2.75, 3.05) is 33.7 Å². The standard InChI is InChI=1S/C31H49F3N4O4/c1-6-8-9-13-16-26(39)25(21-24-14-11-10-12-15-24)35-30(42)29(23(3)7-2)36-27(40)17-18-28(41)38(5)20-19-37(4)22-31(32,33)34/h1-2,23-26,29,39H,8-22H2,3-5H3,(H,35,42)(H,36,40)/t23?,25?,26-,29-/m0/s1. The maximum absolute atomic E-state index is 13.4. The Balaban J connectivity index is 2.75. The number of unbranched alkanes of at least 4 members (excludes halogenated alkanes) is 2. The molecular formula is C31H49F3N4O4. The van der Waals surface area contributed by atoms with Gasteiger partial charge in [0.25, 0.3) is 0 Å². The maximum Gasteiger partial charge on any atom is 0.401 e. The highest BCUT2D eigenvalue weighted by Gasteiger charge is 2.32. The van der Waals surface area contributed by atoms with E-state index < -0.39 is 54.5 Å². The van der Waals surface area contributed by atoms with Gasteiger partial charge in [-0.05, 0) is 45.6 Å². The van der Waals surface area contributed by atoms with Crippen molar-refractivity contribution < 1.29 is 32.7 Å². The van der Waals surface area contributed by atoms with Gasteiger partial charge in [-0.25, -0.2) is 0 Å². The highest BCUT2D eigenvalue weighted by Crippen LogP contribution is 2.29. The van der Waals surface area contributed by atoms with Crippen LogP contribution in [-0.2, 0) is 14.4 Å². The number of amides is 3. The molecule has 1 aliphatic carbocycles. The Labute approximate surface area is 249 Å². The lowest BCUT2D eigenvalue weighted by Gasteiger charge is -2.32. The number of terminal acetylenes is 2. The van der Waals surface area contributed by atoms with E-state index in [1.807, 2.05) is 0 Å². The summed E-state index contributed by atoms with van der Waals surface area (Å²) in [5, 5.41) is 16.6. The Kier molecular flexibility index (Phi) is 17.2. The molecule has 0 saturated heterocycles. The van der Waals surface area contributed by atoms with Crippen LogP contribution in [0.25, 0.3) is 0 Å². The van der Waals surface area contributed by atoms with Crippen molar-refractivity contribution in [2.45, 2.75) is 108 Å². The van der Waals surface area contributed by atoms with Gasteiger partial charge in [0.1, 0.15) is 6.04 Å². The SMILES string of the molecule is C#CCCCC[C@H](O)C(CC1CCCCC1)NC(=O)[C@@H](NC(=O)CCC(=O)N(C)CCN(C)CC(F)(F)F)C(C)C#C. The molecule has 0 aromatic rings. The predicted octanol–water partition coefficient (Wildman–Crippen LogP) is 3.48. The number of alkyl halides is 3. The molecule has 4 atom stereocenters. The second-order valence-corrected chi connectivity index (χ2v) is 11.5. The van der Waals surface area contributed by atoms with Crippen molar-refractivity contribution in [3.8, 4) is 24.7 Å². The lowest BCUT2D eigenvalue weighted by Crippen LogP contribution is -2.55. The first-order chi connectivity index (χ1) is 19.8. The number of carbonyl (C=O) groups is 3. The third-order valence-corrected chi connectivity index (χ3v) is 7.79. The lowest BCUT2D eigenvalue weighted by molar-refractivity contribution is -0.144. The Morgan fingerprint density at radius 3 is 2.29 bits per heavy atom. The van der Waals surface area contributed by atoms with Crippen molar-refractivity contribution >= 4 is 17.7 Å². The molecule has 0 aliphatic heterocycles. The van der Waals surface area contributed by atoms with Gasteiger partial charge in [-0.3, -0.25) is 19.3 Å². The minimum atomic E-state index is -4.33. The summed E-state index contributed by atoms with van der Waals surface area (Å²) in [5.41, 5.74) is 0. The molecule has 0 heterocycles. The normalized spacial score (nSPS) is 16.9. The average Bonchev–Trinajstić information content (AvgIpc) is 2.94. The number of carbonyl (C=O) groups excluding carboxylic acids is 3. The molecule has 1 rings (SSSR count). The number of hydrogen-bond donors (Lipinski definition) is 3. The van der Waals surface area contributed by atoms with E-state index in [1.165, 1.54) is 25.4 Å². The van der Waals surface area contributed by atoms with Crippen LogP contribution in [0.15, 0.2) is 0 Å². The van der Waals surface area contributed by atoms with E-state index in [9.17, 15) is 32.7 Å². The number of nitrogens with zero attached hydrogens (tertiary/aromatic N) is 2. The van der Waals surface area contributed by atoms with Crippen molar-refractivity contribution in [1.82, 2.24) is 20.4 Å². The minimum absolute atomic E-state index is 0.0215. The van der Waals surface area contributed by atoms with Crippen LogP contribution < -0.4 is 10.6 Å². The number of aliphatic hydroxyl groups is 1. The molecule has 11 heteroatoms. The first kappa shape index (κ1) is 37.3. The van der Waals surface area contributed by atoms with Crippen LogP contribution >= 0.6 is 0 Å². The molecule has 1 saturated carbocycles. The smallest absolute Gasteiger partial charge is 0.391 e. The molecule has 42 heavy (non-hydrogen) atoms. The van der Waals surface area contributed by atoms with Gasteiger partial charge in [0, 0.05) is 45.3 Å². The van der Waals surface area contributed by atoms with E-state index in [2.05, 4.69) is 22.5 Å². The zero-order valence-electron chi connectivity index (χ0n) is 25.3. The molecule has 1 aliphatic rings. The third kappa shape index (κ3) is 15.5. The number of hydrogen-bond acceptors (Lipinski definition) is 5. The van der Waals surface area contributed by atoms with E-state index in [1.54, 1.807) is 6.92 Å². The van der Waals surface area contributed by atoms with Crippen molar-refractivity contribution in [2.24, 2.45) is 11.8 Å². The van der Waals surface area contributed by atoms with Crippen molar-refractivity contribution in [3.63, 3.8) is 0 Å². The summed E-state index contributed by atoms with van der Waals surface area (Å²) in [5.74, 6) is 3.37. The van der Waals surface area contributed by atoms with Crippen molar-refractivity contribution in [3.05, 3.63) is 0 Å². The summed E-state index contributed by atoms with van der Waals surface area (Å²) in [6.07, 6.45) is 14.2. The quantitative estimate of drug-likeness (QED) is 0.166. The van der Waals surface area contributed by atoms with Crippen LogP contribution in [-0.4, -0.2) is 90.7 Å². The molecule has 1 fully saturated rings. The highest BCUT2D eigenvalue weighted by molar-refractivity contribution is 5.90. The van der Waals surface area contributed by atoms with Crippen LogP contribution in [0.1, 0.15) is 84.0 Å². The summed E-state index contributed by atoms with van der Waals surface area (Å²) >= 11 is 0. The molecule has 8 nitrogen and oxygen atoms in total. The molecule has 0 radical (unpaired) electrons. The summed E-state index contributed by atoms with van der Waals surface area (Å²) in [7, 11) is 2.78. The first-order valence-electron chi connectivity index (χ1n) is 14.9. The number of halogens is 3. The van der Waals surface area contributed by atoms with Gasteiger partial charge >= 0.3 is 6.18 Å². The Bertz CT molecular complexity index is 925. The van der Waals surface area contributed by atoms with E-state index in [4.69, 9.17) is 12.8 Å². The molecule has 0 bridgehead atoms. The lowest BCUT2D eigenvalue weighted by atomic mass is 9.83. The Hall–Kier alpha value is -2.76. The van der Waals surface area contributed by atoms with E-state index >= 15 is 0 Å². The fraction of sp³-hybridized carbons (Fsp3) is 0.774. The summed E-state index contributed by atoms with van der Waals surface area (Å²) in [6, 6.07) is -1.56. The largest absolute Gasteiger partial charge is 0.401 e. The fourth-order valence-corrected chi connectivity index (χ4v) is 5.15. The molecule has 0 spiro atoms. The molecule has 3 N–H and O–H groups in total. The molecular weight excluding hydrogens is 549 g/mol. The molecule has 2 unspecified atom stereocenters. The number of rotatable bonds is 18. The number of likely N-dealkylation sites (N-methyl/N-ethyl adjacent to an activating group) is 2.